The Kier molecular flexibility index (Phi) is 5.44. The summed E-state index contributed by atoms with van der Waals surface area (Å²) in [6.45, 7) is 7.28. The quantitative estimate of drug-likeness (QED) is 0.835. The number of nitrogens with zero attached hydrogens (tertiary/aromatic N) is 2. The minimum atomic E-state index is 0.186. The molecule has 0 unspecified atom stereocenters. The number of methoxy groups -OCH3 is 2. The SMILES string of the molecule is CCOC1=NCCN(Cc2ccc(OC)cc2OC)[C@@H]1C. The van der Waals surface area contributed by atoms with Gasteiger partial charge in [0.1, 0.15) is 11.5 Å². The molecule has 1 heterocycles. The lowest BCUT2D eigenvalue weighted by molar-refractivity contribution is 0.192. The van der Waals surface area contributed by atoms with Crippen molar-refractivity contribution in [3.05, 3.63) is 23.8 Å². The van der Waals surface area contributed by atoms with Crippen molar-refractivity contribution in [2.24, 2.45) is 4.99 Å². The number of benzene rings is 1. The van der Waals surface area contributed by atoms with Crippen LogP contribution in [0, 0.1) is 0 Å². The molecule has 0 spiro atoms. The molecule has 0 radical (unpaired) electrons. The molecule has 2 rings (SSSR count). The summed E-state index contributed by atoms with van der Waals surface area (Å²) in [7, 11) is 3.34. The van der Waals surface area contributed by atoms with Gasteiger partial charge in [-0.3, -0.25) is 9.89 Å². The van der Waals surface area contributed by atoms with Gasteiger partial charge in [-0.1, -0.05) is 6.07 Å². The fourth-order valence-electron chi connectivity index (χ4n) is 2.50. The van der Waals surface area contributed by atoms with Crippen LogP contribution in [0.2, 0.25) is 0 Å². The molecule has 0 aliphatic carbocycles. The van der Waals surface area contributed by atoms with Crippen LogP contribution in [0.3, 0.4) is 0 Å². The van der Waals surface area contributed by atoms with Crippen LogP contribution in [0.1, 0.15) is 19.4 Å². The van der Waals surface area contributed by atoms with Crippen LogP contribution >= 0.6 is 0 Å². The second-order valence-electron chi connectivity index (χ2n) is 4.98. The molecule has 21 heavy (non-hydrogen) atoms. The predicted molar refractivity (Wildman–Crippen MR) is 83.3 cm³/mol. The van der Waals surface area contributed by atoms with Gasteiger partial charge in [0.2, 0.25) is 5.90 Å². The molecule has 0 amide bonds. The molecule has 0 N–H and O–H groups in total. The topological polar surface area (TPSA) is 43.3 Å². The van der Waals surface area contributed by atoms with Gasteiger partial charge in [-0.05, 0) is 19.9 Å². The first-order chi connectivity index (χ1) is 10.2. The van der Waals surface area contributed by atoms with Crippen molar-refractivity contribution in [2.45, 2.75) is 26.4 Å². The predicted octanol–water partition coefficient (Wildman–Crippen LogP) is 2.34. The zero-order valence-electron chi connectivity index (χ0n) is 13.3. The molecule has 0 aromatic heterocycles. The molecule has 1 aliphatic heterocycles. The van der Waals surface area contributed by atoms with E-state index in [4.69, 9.17) is 14.2 Å². The van der Waals surface area contributed by atoms with Gasteiger partial charge in [-0.2, -0.15) is 0 Å². The number of hydrogen-bond acceptors (Lipinski definition) is 5. The maximum absolute atomic E-state index is 5.61. The fraction of sp³-hybridized carbons (Fsp3) is 0.562. The summed E-state index contributed by atoms with van der Waals surface area (Å²) < 4.78 is 16.3. The maximum atomic E-state index is 5.61. The summed E-state index contributed by atoms with van der Waals surface area (Å²) in [5.74, 6) is 2.48. The molecular formula is C16H24N2O3. The van der Waals surface area contributed by atoms with Crippen molar-refractivity contribution < 1.29 is 14.2 Å². The molecule has 0 bridgehead atoms. The van der Waals surface area contributed by atoms with Crippen molar-refractivity contribution in [3.63, 3.8) is 0 Å². The number of hydrogen-bond donors (Lipinski definition) is 0. The van der Waals surface area contributed by atoms with E-state index >= 15 is 0 Å². The Morgan fingerprint density at radius 2 is 2.10 bits per heavy atom. The van der Waals surface area contributed by atoms with Crippen molar-refractivity contribution in [1.82, 2.24) is 4.90 Å². The van der Waals surface area contributed by atoms with Crippen LogP contribution in [-0.4, -0.2) is 50.8 Å². The number of rotatable bonds is 5. The van der Waals surface area contributed by atoms with Crippen LogP contribution < -0.4 is 9.47 Å². The van der Waals surface area contributed by atoms with Gasteiger partial charge in [0.15, 0.2) is 0 Å². The average Bonchev–Trinajstić information content (AvgIpc) is 2.51. The monoisotopic (exact) mass is 292 g/mol. The lowest BCUT2D eigenvalue weighted by atomic mass is 10.1. The normalized spacial score (nSPS) is 19.0. The smallest absolute Gasteiger partial charge is 0.200 e. The van der Waals surface area contributed by atoms with E-state index in [0.717, 1.165) is 42.6 Å². The third-order valence-electron chi connectivity index (χ3n) is 3.72. The Balaban J connectivity index is 2.13. The van der Waals surface area contributed by atoms with E-state index in [-0.39, 0.29) is 6.04 Å². The van der Waals surface area contributed by atoms with Crippen LogP contribution in [-0.2, 0) is 11.3 Å². The van der Waals surface area contributed by atoms with Gasteiger partial charge in [-0.25, -0.2) is 0 Å². The van der Waals surface area contributed by atoms with E-state index in [1.54, 1.807) is 14.2 Å². The third-order valence-corrected chi connectivity index (χ3v) is 3.72. The summed E-state index contributed by atoms with van der Waals surface area (Å²) >= 11 is 0. The Labute approximate surface area is 126 Å². The largest absolute Gasteiger partial charge is 0.497 e. The number of ether oxygens (including phenoxy) is 3. The Morgan fingerprint density at radius 1 is 1.29 bits per heavy atom. The van der Waals surface area contributed by atoms with Crippen molar-refractivity contribution in [3.8, 4) is 11.5 Å². The Bertz CT molecular complexity index is 502. The average molecular weight is 292 g/mol. The summed E-state index contributed by atoms with van der Waals surface area (Å²) in [4.78, 5) is 6.81. The standard InChI is InChI=1S/C16H24N2O3/c1-5-21-16-12(2)18(9-8-17-16)11-13-6-7-14(19-3)10-15(13)20-4/h6-7,10,12H,5,8-9,11H2,1-4H3/t12-/m1/s1. The Hall–Kier alpha value is -1.75. The van der Waals surface area contributed by atoms with Gasteiger partial charge in [0.25, 0.3) is 0 Å². The van der Waals surface area contributed by atoms with E-state index in [9.17, 15) is 0 Å². The van der Waals surface area contributed by atoms with E-state index in [0.29, 0.717) is 6.61 Å². The second-order valence-corrected chi connectivity index (χ2v) is 4.98. The van der Waals surface area contributed by atoms with E-state index in [1.165, 1.54) is 0 Å². The highest BCUT2D eigenvalue weighted by molar-refractivity contribution is 5.82. The minimum Gasteiger partial charge on any atom is -0.497 e. The first-order valence-electron chi connectivity index (χ1n) is 7.31. The molecule has 1 atom stereocenters. The number of aliphatic imine (C=N–C) groups is 1. The molecule has 1 aromatic carbocycles. The maximum Gasteiger partial charge on any atom is 0.200 e. The zero-order chi connectivity index (χ0) is 15.2. The zero-order valence-corrected chi connectivity index (χ0v) is 13.3. The molecule has 116 valence electrons. The van der Waals surface area contributed by atoms with Gasteiger partial charge in [0.05, 0.1) is 33.4 Å². The second kappa shape index (κ2) is 7.31. The first-order valence-corrected chi connectivity index (χ1v) is 7.31. The molecule has 5 nitrogen and oxygen atoms in total. The highest BCUT2D eigenvalue weighted by Crippen LogP contribution is 2.26. The summed E-state index contributed by atoms with van der Waals surface area (Å²) in [6.07, 6.45) is 0. The molecule has 0 saturated carbocycles. The Morgan fingerprint density at radius 3 is 2.76 bits per heavy atom. The molecule has 0 saturated heterocycles. The summed E-state index contributed by atoms with van der Waals surface area (Å²) in [6, 6.07) is 6.12. The fourth-order valence-corrected chi connectivity index (χ4v) is 2.50. The highest BCUT2D eigenvalue weighted by atomic mass is 16.5. The lowest BCUT2D eigenvalue weighted by Crippen LogP contribution is -2.44. The first kappa shape index (κ1) is 15.6. The third kappa shape index (κ3) is 3.67. The van der Waals surface area contributed by atoms with E-state index in [2.05, 4.69) is 22.9 Å². The molecule has 0 fully saturated rings. The van der Waals surface area contributed by atoms with Crippen molar-refractivity contribution in [1.29, 1.82) is 0 Å². The van der Waals surface area contributed by atoms with Crippen LogP contribution in [0.25, 0.3) is 0 Å². The van der Waals surface area contributed by atoms with Gasteiger partial charge >= 0.3 is 0 Å². The summed E-state index contributed by atoms with van der Waals surface area (Å²) in [5, 5.41) is 0. The molecule has 1 aliphatic rings. The molecule has 1 aromatic rings. The summed E-state index contributed by atoms with van der Waals surface area (Å²) in [5.41, 5.74) is 1.14. The van der Waals surface area contributed by atoms with Crippen molar-refractivity contribution >= 4 is 5.90 Å². The van der Waals surface area contributed by atoms with E-state index < -0.39 is 0 Å². The molecular weight excluding hydrogens is 268 g/mol. The van der Waals surface area contributed by atoms with Gasteiger partial charge in [-0.15, -0.1) is 0 Å². The van der Waals surface area contributed by atoms with Crippen LogP contribution in [0.4, 0.5) is 0 Å². The lowest BCUT2D eigenvalue weighted by Gasteiger charge is -2.32. The van der Waals surface area contributed by atoms with Crippen molar-refractivity contribution in [2.75, 3.05) is 33.9 Å². The molecule has 5 heteroatoms. The van der Waals surface area contributed by atoms with E-state index in [1.807, 2.05) is 19.1 Å². The highest BCUT2D eigenvalue weighted by Gasteiger charge is 2.25. The van der Waals surface area contributed by atoms with Crippen LogP contribution in [0.5, 0.6) is 11.5 Å². The van der Waals surface area contributed by atoms with Crippen LogP contribution in [0.15, 0.2) is 23.2 Å². The van der Waals surface area contributed by atoms with Gasteiger partial charge < -0.3 is 14.2 Å². The minimum absolute atomic E-state index is 0.186. The van der Waals surface area contributed by atoms with Gasteiger partial charge in [0, 0.05) is 24.7 Å².